The Morgan fingerprint density at radius 1 is 1.38 bits per heavy atom. The van der Waals surface area contributed by atoms with Gasteiger partial charge in [0, 0.05) is 13.0 Å². The lowest BCUT2D eigenvalue weighted by molar-refractivity contribution is -0.153. The molecule has 2 N–H and O–H groups in total. The molecule has 2 saturated heterocycles. The SMILES string of the molecule is CO[C@H]1O[C@H](CO)[C@@H](C2SCCCS2)[C@@H]1O. The summed E-state index contributed by atoms with van der Waals surface area (Å²) in [5.74, 6) is 2.21. The topological polar surface area (TPSA) is 58.9 Å². The number of methoxy groups -OCH3 is 1. The van der Waals surface area contributed by atoms with Crippen LogP contribution in [-0.4, -0.2) is 58.5 Å². The number of ether oxygens (including phenoxy) is 2. The quantitative estimate of drug-likeness (QED) is 0.777. The Morgan fingerprint density at radius 3 is 2.62 bits per heavy atom. The number of aliphatic hydroxyl groups is 2. The van der Waals surface area contributed by atoms with Crippen molar-refractivity contribution >= 4 is 23.5 Å². The molecule has 0 aromatic heterocycles. The van der Waals surface area contributed by atoms with Crippen LogP contribution in [0.3, 0.4) is 0 Å². The first kappa shape index (κ1) is 13.0. The number of hydrogen-bond donors (Lipinski definition) is 2. The molecule has 2 aliphatic heterocycles. The Kier molecular flexibility index (Phi) is 4.81. The van der Waals surface area contributed by atoms with Gasteiger partial charge in [0.1, 0.15) is 6.10 Å². The van der Waals surface area contributed by atoms with E-state index in [9.17, 15) is 10.2 Å². The van der Waals surface area contributed by atoms with E-state index in [0.717, 1.165) is 11.5 Å². The van der Waals surface area contributed by atoms with Crippen molar-refractivity contribution in [3.63, 3.8) is 0 Å². The molecule has 0 aliphatic carbocycles. The summed E-state index contributed by atoms with van der Waals surface area (Å²) >= 11 is 3.70. The van der Waals surface area contributed by atoms with E-state index in [2.05, 4.69) is 0 Å². The van der Waals surface area contributed by atoms with Crippen LogP contribution in [0.2, 0.25) is 0 Å². The number of hydrogen-bond acceptors (Lipinski definition) is 6. The summed E-state index contributed by atoms with van der Waals surface area (Å²) < 4.78 is 10.9. The van der Waals surface area contributed by atoms with Gasteiger partial charge in [-0.1, -0.05) is 0 Å². The van der Waals surface area contributed by atoms with Crippen molar-refractivity contribution in [1.82, 2.24) is 0 Å². The van der Waals surface area contributed by atoms with Crippen LogP contribution >= 0.6 is 23.5 Å². The zero-order valence-corrected chi connectivity index (χ0v) is 10.9. The first-order valence-electron chi connectivity index (χ1n) is 5.48. The van der Waals surface area contributed by atoms with Gasteiger partial charge < -0.3 is 19.7 Å². The maximum Gasteiger partial charge on any atom is 0.183 e. The van der Waals surface area contributed by atoms with Crippen LogP contribution in [0.1, 0.15) is 6.42 Å². The first-order chi connectivity index (χ1) is 7.77. The minimum atomic E-state index is -0.634. The van der Waals surface area contributed by atoms with E-state index >= 15 is 0 Å². The highest BCUT2D eigenvalue weighted by atomic mass is 32.2. The van der Waals surface area contributed by atoms with Crippen LogP contribution in [0.4, 0.5) is 0 Å². The molecule has 2 aliphatic rings. The van der Waals surface area contributed by atoms with Crippen molar-refractivity contribution in [2.24, 2.45) is 5.92 Å². The van der Waals surface area contributed by atoms with Crippen LogP contribution in [0, 0.1) is 5.92 Å². The molecule has 2 fully saturated rings. The molecule has 2 heterocycles. The van der Waals surface area contributed by atoms with Gasteiger partial charge in [-0.2, -0.15) is 0 Å². The van der Waals surface area contributed by atoms with Gasteiger partial charge in [-0.25, -0.2) is 0 Å². The minimum Gasteiger partial charge on any atom is -0.394 e. The molecular formula is C10H18O4S2. The zero-order valence-electron chi connectivity index (χ0n) is 9.24. The number of aliphatic hydroxyl groups excluding tert-OH is 2. The third kappa shape index (κ3) is 2.52. The van der Waals surface area contributed by atoms with Crippen molar-refractivity contribution in [3.8, 4) is 0 Å². The number of rotatable bonds is 3. The predicted octanol–water partition coefficient (Wildman–Crippen LogP) is 0.523. The van der Waals surface area contributed by atoms with E-state index in [-0.39, 0.29) is 18.6 Å². The van der Waals surface area contributed by atoms with Gasteiger partial charge in [-0.3, -0.25) is 0 Å². The highest BCUT2D eigenvalue weighted by Gasteiger charge is 2.48. The average molecular weight is 266 g/mol. The second-order valence-corrected chi connectivity index (χ2v) is 6.79. The summed E-state index contributed by atoms with van der Waals surface area (Å²) in [6, 6.07) is 0. The van der Waals surface area contributed by atoms with E-state index in [0.29, 0.717) is 4.58 Å². The van der Waals surface area contributed by atoms with Gasteiger partial charge in [-0.15, -0.1) is 23.5 Å². The molecule has 0 amide bonds. The molecule has 6 heteroatoms. The fourth-order valence-corrected chi connectivity index (χ4v) is 5.52. The molecule has 2 rings (SSSR count). The van der Waals surface area contributed by atoms with Gasteiger partial charge in [-0.05, 0) is 17.9 Å². The first-order valence-corrected chi connectivity index (χ1v) is 7.58. The van der Waals surface area contributed by atoms with E-state index < -0.39 is 12.4 Å². The van der Waals surface area contributed by atoms with Crippen LogP contribution in [0.25, 0.3) is 0 Å². The lowest BCUT2D eigenvalue weighted by atomic mass is 10.0. The van der Waals surface area contributed by atoms with Gasteiger partial charge in [0.15, 0.2) is 6.29 Å². The monoisotopic (exact) mass is 266 g/mol. The Labute approximate surface area is 104 Å². The van der Waals surface area contributed by atoms with Crippen LogP contribution in [-0.2, 0) is 9.47 Å². The highest BCUT2D eigenvalue weighted by molar-refractivity contribution is 8.17. The van der Waals surface area contributed by atoms with Crippen LogP contribution in [0.15, 0.2) is 0 Å². The Hall–Kier alpha value is 0.540. The third-order valence-electron chi connectivity index (χ3n) is 2.99. The molecule has 0 aromatic rings. The van der Waals surface area contributed by atoms with Gasteiger partial charge >= 0.3 is 0 Å². The second-order valence-electron chi connectivity index (χ2n) is 3.99. The Bertz CT molecular complexity index is 221. The van der Waals surface area contributed by atoms with Crippen molar-refractivity contribution < 1.29 is 19.7 Å². The fourth-order valence-electron chi connectivity index (χ4n) is 2.17. The maximum absolute atomic E-state index is 10.1. The molecule has 94 valence electrons. The lowest BCUT2D eigenvalue weighted by Gasteiger charge is -2.30. The largest absolute Gasteiger partial charge is 0.394 e. The molecule has 0 aromatic carbocycles. The van der Waals surface area contributed by atoms with Crippen LogP contribution < -0.4 is 0 Å². The van der Waals surface area contributed by atoms with Crippen LogP contribution in [0.5, 0.6) is 0 Å². The van der Waals surface area contributed by atoms with Crippen molar-refractivity contribution in [3.05, 3.63) is 0 Å². The number of thioether (sulfide) groups is 2. The minimum absolute atomic E-state index is 0.0368. The summed E-state index contributed by atoms with van der Waals surface area (Å²) in [6.45, 7) is -0.0563. The summed E-state index contributed by atoms with van der Waals surface area (Å²) in [6.07, 6.45) is -0.314. The standard InChI is InChI=1S/C10H18O4S2/c1-13-9-8(12)7(6(5-11)14-9)10-15-3-2-4-16-10/h6-12H,2-5H2,1H3/t6-,7-,8+,9+/m1/s1. The molecule has 0 bridgehead atoms. The lowest BCUT2D eigenvalue weighted by Crippen LogP contribution is -2.36. The Morgan fingerprint density at radius 2 is 2.06 bits per heavy atom. The summed E-state index contributed by atoms with van der Waals surface area (Å²) in [7, 11) is 1.52. The Balaban J connectivity index is 2.04. The van der Waals surface area contributed by atoms with Gasteiger partial charge in [0.2, 0.25) is 0 Å². The highest BCUT2D eigenvalue weighted by Crippen LogP contribution is 2.43. The zero-order chi connectivity index (χ0) is 11.5. The molecule has 0 saturated carbocycles. The molecule has 4 atom stereocenters. The molecule has 0 spiro atoms. The smallest absolute Gasteiger partial charge is 0.183 e. The third-order valence-corrected chi connectivity index (χ3v) is 6.14. The van der Waals surface area contributed by atoms with Crippen molar-refractivity contribution in [2.75, 3.05) is 25.2 Å². The molecule has 16 heavy (non-hydrogen) atoms. The van der Waals surface area contributed by atoms with E-state index in [4.69, 9.17) is 9.47 Å². The molecule has 0 radical (unpaired) electrons. The van der Waals surface area contributed by atoms with E-state index in [1.807, 2.05) is 23.5 Å². The van der Waals surface area contributed by atoms with E-state index in [1.165, 1.54) is 13.5 Å². The van der Waals surface area contributed by atoms with Gasteiger partial charge in [0.25, 0.3) is 0 Å². The van der Waals surface area contributed by atoms with Gasteiger partial charge in [0.05, 0.1) is 17.3 Å². The van der Waals surface area contributed by atoms with Crippen molar-refractivity contribution in [2.45, 2.75) is 29.5 Å². The fraction of sp³-hybridized carbons (Fsp3) is 1.00. The normalized spacial score (nSPS) is 41.4. The van der Waals surface area contributed by atoms with E-state index in [1.54, 1.807) is 0 Å². The summed E-state index contributed by atoms with van der Waals surface area (Å²) in [5.41, 5.74) is 0. The molecular weight excluding hydrogens is 248 g/mol. The molecule has 0 unspecified atom stereocenters. The summed E-state index contributed by atoms with van der Waals surface area (Å²) in [5, 5.41) is 19.4. The van der Waals surface area contributed by atoms with Crippen molar-refractivity contribution in [1.29, 1.82) is 0 Å². The summed E-state index contributed by atoms with van der Waals surface area (Å²) in [4.78, 5) is 0. The maximum atomic E-state index is 10.1. The second kappa shape index (κ2) is 5.93. The average Bonchev–Trinajstić information content (AvgIpc) is 2.66. The molecule has 4 nitrogen and oxygen atoms in total. The predicted molar refractivity (Wildman–Crippen MR) is 65.6 cm³/mol.